The molecule has 1 aliphatic rings. The highest BCUT2D eigenvalue weighted by molar-refractivity contribution is 6.00. The number of aromatic nitrogens is 1. The third kappa shape index (κ3) is 2.37. The van der Waals surface area contributed by atoms with E-state index in [0.717, 1.165) is 18.9 Å². The molecule has 0 bridgehead atoms. The van der Waals surface area contributed by atoms with Crippen LogP contribution in [0.4, 0.5) is 11.5 Å². The molecule has 2 aromatic rings. The molecule has 19 heavy (non-hydrogen) atoms. The summed E-state index contributed by atoms with van der Waals surface area (Å²) < 4.78 is 0. The van der Waals surface area contributed by atoms with Crippen molar-refractivity contribution in [3.63, 3.8) is 0 Å². The van der Waals surface area contributed by atoms with Crippen LogP contribution in [-0.2, 0) is 0 Å². The lowest BCUT2D eigenvalue weighted by Gasteiger charge is -2.23. The molecule has 3 heteroatoms. The lowest BCUT2D eigenvalue weighted by Crippen LogP contribution is -2.25. The van der Waals surface area contributed by atoms with E-state index in [1.165, 1.54) is 42.1 Å². The van der Waals surface area contributed by atoms with Gasteiger partial charge in [-0.3, -0.25) is 0 Å². The van der Waals surface area contributed by atoms with Gasteiger partial charge in [-0.05, 0) is 25.0 Å². The maximum Gasteiger partial charge on any atom is 0.136 e. The fraction of sp³-hybridized carbons (Fsp3) is 0.438. The summed E-state index contributed by atoms with van der Waals surface area (Å²) >= 11 is 0. The Labute approximate surface area is 114 Å². The first-order chi connectivity index (χ1) is 9.40. The van der Waals surface area contributed by atoms with Crippen LogP contribution in [0.5, 0.6) is 0 Å². The van der Waals surface area contributed by atoms with Gasteiger partial charge in [0.15, 0.2) is 0 Å². The fourth-order valence-electron chi connectivity index (χ4n) is 2.94. The van der Waals surface area contributed by atoms with Crippen molar-refractivity contribution < 1.29 is 0 Å². The van der Waals surface area contributed by atoms with Crippen LogP contribution in [0.3, 0.4) is 0 Å². The SMILES string of the molecule is CNc1cccc2c(N3CCCCCC3)nccc12. The Hall–Kier alpha value is -1.77. The summed E-state index contributed by atoms with van der Waals surface area (Å²) in [5.74, 6) is 1.15. The molecule has 1 N–H and O–H groups in total. The highest BCUT2D eigenvalue weighted by Gasteiger charge is 2.14. The van der Waals surface area contributed by atoms with Crippen LogP contribution in [0, 0.1) is 0 Å². The average Bonchev–Trinajstić information content (AvgIpc) is 2.75. The topological polar surface area (TPSA) is 28.2 Å². The van der Waals surface area contributed by atoms with Crippen molar-refractivity contribution in [2.24, 2.45) is 0 Å². The van der Waals surface area contributed by atoms with Crippen LogP contribution in [0.25, 0.3) is 10.8 Å². The number of hydrogen-bond donors (Lipinski definition) is 1. The Morgan fingerprint density at radius 1 is 1.00 bits per heavy atom. The number of benzene rings is 1. The van der Waals surface area contributed by atoms with Crippen LogP contribution in [0.2, 0.25) is 0 Å². The Kier molecular flexibility index (Phi) is 3.53. The van der Waals surface area contributed by atoms with Crippen molar-refractivity contribution in [1.82, 2.24) is 4.98 Å². The predicted octanol–water partition coefficient (Wildman–Crippen LogP) is 3.66. The Morgan fingerprint density at radius 3 is 2.53 bits per heavy atom. The van der Waals surface area contributed by atoms with Crippen molar-refractivity contribution in [3.05, 3.63) is 30.5 Å². The second-order valence-corrected chi connectivity index (χ2v) is 5.19. The number of nitrogens with zero attached hydrogens (tertiary/aromatic N) is 2. The van der Waals surface area contributed by atoms with Gasteiger partial charge >= 0.3 is 0 Å². The number of nitrogens with one attached hydrogen (secondary N) is 1. The molecule has 3 nitrogen and oxygen atoms in total. The molecule has 100 valence electrons. The Morgan fingerprint density at radius 2 is 1.79 bits per heavy atom. The first kappa shape index (κ1) is 12.3. The molecule has 0 unspecified atom stereocenters. The van der Waals surface area contributed by atoms with Gasteiger partial charge in [0, 0.05) is 42.8 Å². The monoisotopic (exact) mass is 255 g/mol. The molecule has 0 atom stereocenters. The van der Waals surface area contributed by atoms with Gasteiger partial charge in [-0.2, -0.15) is 0 Å². The molecule has 0 aliphatic carbocycles. The highest BCUT2D eigenvalue weighted by Crippen LogP contribution is 2.30. The minimum absolute atomic E-state index is 1.13. The molecular weight excluding hydrogens is 234 g/mol. The molecule has 1 aliphatic heterocycles. The molecule has 0 amide bonds. The van der Waals surface area contributed by atoms with Crippen LogP contribution >= 0.6 is 0 Å². The molecule has 1 aromatic carbocycles. The highest BCUT2D eigenvalue weighted by atomic mass is 15.2. The molecule has 0 spiro atoms. The maximum atomic E-state index is 4.65. The normalized spacial score (nSPS) is 16.4. The lowest BCUT2D eigenvalue weighted by molar-refractivity contribution is 0.726. The van der Waals surface area contributed by atoms with E-state index in [1.54, 1.807) is 0 Å². The summed E-state index contributed by atoms with van der Waals surface area (Å²) in [6, 6.07) is 8.51. The summed E-state index contributed by atoms with van der Waals surface area (Å²) in [5.41, 5.74) is 1.18. The van der Waals surface area contributed by atoms with Gasteiger partial charge in [-0.15, -0.1) is 0 Å². The van der Waals surface area contributed by atoms with E-state index in [1.807, 2.05) is 13.2 Å². The minimum Gasteiger partial charge on any atom is -0.388 e. The smallest absolute Gasteiger partial charge is 0.136 e. The van der Waals surface area contributed by atoms with Gasteiger partial charge in [0.25, 0.3) is 0 Å². The average molecular weight is 255 g/mol. The molecule has 1 aromatic heterocycles. The molecule has 1 saturated heterocycles. The van der Waals surface area contributed by atoms with Gasteiger partial charge in [-0.1, -0.05) is 25.0 Å². The zero-order valence-electron chi connectivity index (χ0n) is 11.5. The first-order valence-electron chi connectivity index (χ1n) is 7.20. The van der Waals surface area contributed by atoms with Crippen molar-refractivity contribution in [3.8, 4) is 0 Å². The van der Waals surface area contributed by atoms with E-state index in [9.17, 15) is 0 Å². The number of pyridine rings is 1. The minimum atomic E-state index is 1.13. The molecule has 1 fully saturated rings. The number of rotatable bonds is 2. The third-order valence-corrected chi connectivity index (χ3v) is 3.96. The summed E-state index contributed by atoms with van der Waals surface area (Å²) in [6.45, 7) is 2.27. The van der Waals surface area contributed by atoms with Crippen molar-refractivity contribution in [2.45, 2.75) is 25.7 Å². The van der Waals surface area contributed by atoms with E-state index in [4.69, 9.17) is 0 Å². The van der Waals surface area contributed by atoms with Gasteiger partial charge in [0.05, 0.1) is 0 Å². The number of fused-ring (bicyclic) bond motifs is 1. The third-order valence-electron chi connectivity index (χ3n) is 3.96. The number of anilines is 2. The number of hydrogen-bond acceptors (Lipinski definition) is 3. The molecular formula is C16H21N3. The van der Waals surface area contributed by atoms with E-state index in [2.05, 4.69) is 39.5 Å². The largest absolute Gasteiger partial charge is 0.388 e. The van der Waals surface area contributed by atoms with Crippen LogP contribution in [-0.4, -0.2) is 25.1 Å². The van der Waals surface area contributed by atoms with Gasteiger partial charge in [0.2, 0.25) is 0 Å². The van der Waals surface area contributed by atoms with Crippen LogP contribution in [0.15, 0.2) is 30.5 Å². The fourth-order valence-corrected chi connectivity index (χ4v) is 2.94. The standard InChI is InChI=1S/C16H21N3/c1-17-15-8-6-7-14-13(15)9-10-18-16(14)19-11-4-2-3-5-12-19/h6-10,17H,2-5,11-12H2,1H3. The summed E-state index contributed by atoms with van der Waals surface area (Å²) in [7, 11) is 1.97. The Bertz CT molecular complexity index is 557. The van der Waals surface area contributed by atoms with E-state index >= 15 is 0 Å². The second kappa shape index (κ2) is 5.47. The predicted molar refractivity (Wildman–Crippen MR) is 82.0 cm³/mol. The van der Waals surface area contributed by atoms with Gasteiger partial charge in [-0.25, -0.2) is 4.98 Å². The van der Waals surface area contributed by atoms with Gasteiger partial charge in [0.1, 0.15) is 5.82 Å². The van der Waals surface area contributed by atoms with E-state index < -0.39 is 0 Å². The summed E-state index contributed by atoms with van der Waals surface area (Å²) in [6.07, 6.45) is 7.20. The molecule has 3 rings (SSSR count). The van der Waals surface area contributed by atoms with Crippen LogP contribution in [0.1, 0.15) is 25.7 Å². The van der Waals surface area contributed by atoms with Crippen molar-refractivity contribution in [2.75, 3.05) is 30.4 Å². The maximum absolute atomic E-state index is 4.65. The zero-order valence-corrected chi connectivity index (χ0v) is 11.5. The zero-order chi connectivity index (χ0) is 13.1. The van der Waals surface area contributed by atoms with E-state index in [-0.39, 0.29) is 0 Å². The Balaban J connectivity index is 2.07. The molecule has 0 saturated carbocycles. The van der Waals surface area contributed by atoms with E-state index in [0.29, 0.717) is 0 Å². The quantitative estimate of drug-likeness (QED) is 0.887. The van der Waals surface area contributed by atoms with Crippen LogP contribution < -0.4 is 10.2 Å². The summed E-state index contributed by atoms with van der Waals surface area (Å²) in [4.78, 5) is 7.10. The van der Waals surface area contributed by atoms with Gasteiger partial charge < -0.3 is 10.2 Å². The molecule has 0 radical (unpaired) electrons. The van der Waals surface area contributed by atoms with Crippen molar-refractivity contribution in [1.29, 1.82) is 0 Å². The van der Waals surface area contributed by atoms with Crippen molar-refractivity contribution >= 4 is 22.3 Å². The summed E-state index contributed by atoms with van der Waals surface area (Å²) in [5, 5.41) is 5.79. The second-order valence-electron chi connectivity index (χ2n) is 5.19. The lowest BCUT2D eigenvalue weighted by atomic mass is 10.1. The first-order valence-corrected chi connectivity index (χ1v) is 7.20. The molecule has 2 heterocycles.